The summed E-state index contributed by atoms with van der Waals surface area (Å²) in [6.45, 7) is 7.52. The van der Waals surface area contributed by atoms with Crippen molar-refractivity contribution in [2.24, 2.45) is 30.0 Å². The first-order chi connectivity index (χ1) is 30.9. The lowest BCUT2D eigenvalue weighted by Gasteiger charge is -2.26. The average molecular weight is 859 g/mol. The van der Waals surface area contributed by atoms with Gasteiger partial charge in [-0.15, -0.1) is 0 Å². The van der Waals surface area contributed by atoms with E-state index in [2.05, 4.69) is 0 Å². The minimum atomic E-state index is 0.0130. The number of hydrogen-bond donors (Lipinski definition) is 0. The zero-order valence-corrected chi connectivity index (χ0v) is 38.1. The Balaban J connectivity index is 1.32. The van der Waals surface area contributed by atoms with E-state index >= 15 is 0 Å². The zero-order valence-electron chi connectivity index (χ0n) is 38.1. The minimum absolute atomic E-state index is 0.0130. The highest BCUT2D eigenvalue weighted by molar-refractivity contribution is 5.93. The van der Waals surface area contributed by atoms with Crippen LogP contribution in [0.15, 0.2) is 66.4 Å². The Labute approximate surface area is 374 Å². The number of rotatable bonds is 9. The molecule has 0 spiro atoms. The molecule has 0 aromatic heterocycles. The standard InChI is InChI=1S/C51H66N6O6/c1-7-61-49-25-34-28-52-41-17-11-14-20-44(41)56-32-38-23-48(60-6)36(27-51(38)63-9-3)30-54-42-18-12-15-21-45(42)57-33-39-24-47(59-5)35(26-50(39)62-8-2)29-53-40-16-10-13-19-43(40)55-31-37(49)22-46(34)58-4/h22-33,40-45H,7-21H2,1-6H3/t40-,41-,42-,43-,44-,45-/m1/s1. The van der Waals surface area contributed by atoms with Crippen LogP contribution in [0.5, 0.6) is 34.5 Å². The van der Waals surface area contributed by atoms with Crippen molar-refractivity contribution in [2.75, 3.05) is 41.2 Å². The lowest BCUT2D eigenvalue weighted by molar-refractivity contribution is 0.338. The van der Waals surface area contributed by atoms with Crippen LogP contribution >= 0.6 is 0 Å². The molecule has 3 saturated carbocycles. The van der Waals surface area contributed by atoms with Crippen molar-refractivity contribution in [2.45, 2.75) is 134 Å². The number of nitrogens with zero attached hydrogens (tertiary/aromatic N) is 6. The van der Waals surface area contributed by atoms with E-state index in [1.54, 1.807) is 21.3 Å². The summed E-state index contributed by atoms with van der Waals surface area (Å²) in [6, 6.07) is 12.1. The van der Waals surface area contributed by atoms with Gasteiger partial charge in [0.2, 0.25) is 0 Å². The van der Waals surface area contributed by atoms with E-state index in [1.807, 2.05) is 94.5 Å². The molecule has 3 aromatic carbocycles. The lowest BCUT2D eigenvalue weighted by Crippen LogP contribution is -2.27. The summed E-state index contributed by atoms with van der Waals surface area (Å²) in [5.41, 5.74) is 5.13. The molecule has 3 aromatic rings. The third-order valence-electron chi connectivity index (χ3n) is 12.5. The van der Waals surface area contributed by atoms with Crippen molar-refractivity contribution < 1.29 is 28.4 Å². The van der Waals surface area contributed by atoms with Crippen LogP contribution in [0.2, 0.25) is 0 Å². The van der Waals surface area contributed by atoms with Crippen LogP contribution in [0.1, 0.15) is 131 Å². The minimum Gasteiger partial charge on any atom is -0.496 e. The summed E-state index contributed by atoms with van der Waals surface area (Å²) in [4.78, 5) is 31.0. The average Bonchev–Trinajstić information content (AvgIpc) is 3.31. The summed E-state index contributed by atoms with van der Waals surface area (Å²) >= 11 is 0. The summed E-state index contributed by atoms with van der Waals surface area (Å²) in [6.07, 6.45) is 23.9. The summed E-state index contributed by atoms with van der Waals surface area (Å²) in [5, 5.41) is 0. The molecule has 3 fully saturated rings. The van der Waals surface area contributed by atoms with Crippen LogP contribution in [-0.4, -0.2) is 115 Å². The van der Waals surface area contributed by atoms with Crippen molar-refractivity contribution in [3.05, 3.63) is 69.8 Å². The highest BCUT2D eigenvalue weighted by Crippen LogP contribution is 2.34. The fourth-order valence-corrected chi connectivity index (χ4v) is 9.13. The Morgan fingerprint density at radius 1 is 0.333 bits per heavy atom. The van der Waals surface area contributed by atoms with Crippen molar-refractivity contribution in [1.82, 2.24) is 0 Å². The highest BCUT2D eigenvalue weighted by atomic mass is 16.5. The zero-order chi connectivity index (χ0) is 44.0. The second-order valence-electron chi connectivity index (χ2n) is 16.6. The fourth-order valence-electron chi connectivity index (χ4n) is 9.13. The smallest absolute Gasteiger partial charge is 0.128 e. The van der Waals surface area contributed by atoms with Crippen LogP contribution < -0.4 is 28.4 Å². The van der Waals surface area contributed by atoms with Crippen LogP contribution in [0.4, 0.5) is 0 Å². The van der Waals surface area contributed by atoms with E-state index in [1.165, 1.54) is 0 Å². The first-order valence-corrected chi connectivity index (χ1v) is 23.2. The van der Waals surface area contributed by atoms with Gasteiger partial charge in [-0.3, -0.25) is 30.0 Å². The van der Waals surface area contributed by atoms with Gasteiger partial charge < -0.3 is 28.4 Å². The van der Waals surface area contributed by atoms with Gasteiger partial charge in [0.05, 0.1) is 77.4 Å². The molecule has 6 aliphatic heterocycles. The van der Waals surface area contributed by atoms with Crippen molar-refractivity contribution in [1.29, 1.82) is 0 Å². The summed E-state index contributed by atoms with van der Waals surface area (Å²) in [5.74, 6) is 4.33. The van der Waals surface area contributed by atoms with Gasteiger partial charge in [0.15, 0.2) is 0 Å². The van der Waals surface area contributed by atoms with E-state index in [0.717, 1.165) is 128 Å². The Hall–Kier alpha value is -5.52. The Bertz CT molecular complexity index is 1940. The van der Waals surface area contributed by atoms with Gasteiger partial charge in [-0.05, 0) is 95.7 Å². The lowest BCUT2D eigenvalue weighted by atomic mass is 9.91. The number of hydrogen-bond acceptors (Lipinski definition) is 12. The molecule has 12 heteroatoms. The maximum Gasteiger partial charge on any atom is 0.128 e. The van der Waals surface area contributed by atoms with E-state index in [9.17, 15) is 0 Å². The SMILES string of the molecule is CCOc1cc2c(OC)cc1C=N[C@@H]1CCCC[C@H]1N=Cc1cc(OCC)c(cc1OC)C=N[C@@H]1CCCC[C@H]1N=Cc1cc(OCC)c(cc1OC)C=N[C@@H]1CCCC[C@H]1N=C2. The van der Waals surface area contributed by atoms with Gasteiger partial charge in [-0.1, -0.05) is 38.5 Å². The normalized spacial score (nSPS) is 23.7. The molecule has 6 bridgehead atoms. The Morgan fingerprint density at radius 3 is 0.714 bits per heavy atom. The molecular weight excluding hydrogens is 793 g/mol. The van der Waals surface area contributed by atoms with E-state index in [4.69, 9.17) is 58.4 Å². The third-order valence-corrected chi connectivity index (χ3v) is 12.5. The van der Waals surface area contributed by atoms with Crippen LogP contribution in [-0.2, 0) is 0 Å². The van der Waals surface area contributed by atoms with Gasteiger partial charge >= 0.3 is 0 Å². The fraction of sp³-hybridized carbons (Fsp3) is 0.529. The van der Waals surface area contributed by atoms with Gasteiger partial charge in [0, 0.05) is 70.7 Å². The molecule has 0 saturated heterocycles. The predicted molar refractivity (Wildman–Crippen MR) is 256 cm³/mol. The molecular formula is C51H66N6O6. The number of ether oxygens (including phenoxy) is 6. The Kier molecular flexibility index (Phi) is 16.4. The number of benzene rings is 3. The van der Waals surface area contributed by atoms with Crippen LogP contribution in [0, 0.1) is 0 Å². The van der Waals surface area contributed by atoms with Gasteiger partial charge in [0.1, 0.15) is 34.5 Å². The second kappa shape index (κ2) is 22.7. The van der Waals surface area contributed by atoms with Crippen molar-refractivity contribution in [3.8, 4) is 34.5 Å². The van der Waals surface area contributed by atoms with E-state index < -0.39 is 0 Å². The first kappa shape index (κ1) is 45.5. The number of aliphatic imine (C=N–C) groups is 6. The van der Waals surface area contributed by atoms with E-state index in [-0.39, 0.29) is 36.3 Å². The largest absolute Gasteiger partial charge is 0.496 e. The quantitative estimate of drug-likeness (QED) is 0.211. The third kappa shape index (κ3) is 11.5. The molecule has 0 N–H and O–H groups in total. The molecule has 6 heterocycles. The van der Waals surface area contributed by atoms with Crippen LogP contribution in [0.25, 0.3) is 0 Å². The second-order valence-corrected chi connectivity index (χ2v) is 16.6. The molecule has 336 valence electrons. The van der Waals surface area contributed by atoms with Gasteiger partial charge in [0.25, 0.3) is 0 Å². The Morgan fingerprint density at radius 2 is 0.524 bits per heavy atom. The molecule has 9 aliphatic rings. The summed E-state index contributed by atoms with van der Waals surface area (Å²) < 4.78 is 36.5. The molecule has 0 amide bonds. The summed E-state index contributed by atoms with van der Waals surface area (Å²) in [7, 11) is 5.08. The molecule has 63 heavy (non-hydrogen) atoms. The maximum atomic E-state index is 6.21. The molecule has 3 aliphatic carbocycles. The van der Waals surface area contributed by atoms with Gasteiger partial charge in [-0.25, -0.2) is 0 Å². The van der Waals surface area contributed by atoms with Crippen LogP contribution in [0.3, 0.4) is 0 Å². The number of methoxy groups -OCH3 is 3. The molecule has 12 nitrogen and oxygen atoms in total. The highest BCUT2D eigenvalue weighted by Gasteiger charge is 2.27. The monoisotopic (exact) mass is 859 g/mol. The van der Waals surface area contributed by atoms with Crippen molar-refractivity contribution >= 4 is 37.3 Å². The predicted octanol–water partition coefficient (Wildman–Crippen LogP) is 9.77. The van der Waals surface area contributed by atoms with Crippen molar-refractivity contribution in [3.63, 3.8) is 0 Å². The first-order valence-electron chi connectivity index (χ1n) is 23.2. The topological polar surface area (TPSA) is 130 Å². The molecule has 0 unspecified atom stereocenters. The van der Waals surface area contributed by atoms with Gasteiger partial charge in [-0.2, -0.15) is 0 Å². The molecule has 12 rings (SSSR count). The maximum absolute atomic E-state index is 6.21. The molecule has 6 atom stereocenters. The van der Waals surface area contributed by atoms with E-state index in [0.29, 0.717) is 37.1 Å². The molecule has 0 radical (unpaired) electrons.